The Labute approximate surface area is 185 Å². The molecule has 3 rings (SSSR count). The van der Waals surface area contributed by atoms with Gasteiger partial charge < -0.3 is 14.2 Å². The average Bonchev–Trinajstić information content (AvgIpc) is 2.81. The molecule has 0 heterocycles. The van der Waals surface area contributed by atoms with Crippen molar-refractivity contribution in [3.63, 3.8) is 0 Å². The summed E-state index contributed by atoms with van der Waals surface area (Å²) in [5, 5.41) is 1.80. The van der Waals surface area contributed by atoms with Gasteiger partial charge in [-0.15, -0.1) is 0 Å². The largest absolute Gasteiger partial charge is 0.458 e. The third kappa shape index (κ3) is 5.92. The van der Waals surface area contributed by atoms with Crippen LogP contribution in [0.2, 0.25) is 0 Å². The maximum absolute atomic E-state index is 12.5. The van der Waals surface area contributed by atoms with E-state index in [0.29, 0.717) is 16.9 Å². The lowest BCUT2D eigenvalue weighted by atomic mass is 10.1. The third-order valence-electron chi connectivity index (χ3n) is 4.54. The van der Waals surface area contributed by atoms with E-state index in [2.05, 4.69) is 13.2 Å². The van der Waals surface area contributed by atoms with Crippen molar-refractivity contribution >= 4 is 28.7 Å². The first-order valence-corrected chi connectivity index (χ1v) is 9.81. The molecule has 0 aliphatic carbocycles. The molecule has 0 aliphatic heterocycles. The van der Waals surface area contributed by atoms with Gasteiger partial charge in [0.2, 0.25) is 0 Å². The van der Waals surface area contributed by atoms with Gasteiger partial charge in [-0.05, 0) is 59.2 Å². The standard InChI is InChI=1S/C26H22O6/c1-4-24(27)30-16-19-7-10-22-14-23(12-11-21(22)13-19)32-26(29)20-8-5-18(6-9-20)15-31-25(28)17(2)3/h4-14H,1-2,15-16H2,3H3. The van der Waals surface area contributed by atoms with Crippen molar-refractivity contribution in [3.05, 3.63) is 102 Å². The Morgan fingerprint density at radius 2 is 1.47 bits per heavy atom. The van der Waals surface area contributed by atoms with Crippen molar-refractivity contribution in [1.29, 1.82) is 0 Å². The Balaban J connectivity index is 1.63. The Kier molecular flexibility index (Phi) is 7.18. The van der Waals surface area contributed by atoms with Crippen LogP contribution in [0.4, 0.5) is 0 Å². The predicted octanol–water partition coefficient (Wildman–Crippen LogP) is 4.91. The molecule has 6 heteroatoms. The summed E-state index contributed by atoms with van der Waals surface area (Å²) in [6.45, 7) is 8.72. The van der Waals surface area contributed by atoms with Gasteiger partial charge in [-0.25, -0.2) is 14.4 Å². The molecule has 162 valence electrons. The highest BCUT2D eigenvalue weighted by molar-refractivity contribution is 5.92. The van der Waals surface area contributed by atoms with Crippen LogP contribution in [-0.4, -0.2) is 17.9 Å². The number of hydrogen-bond acceptors (Lipinski definition) is 6. The first-order chi connectivity index (χ1) is 15.4. The van der Waals surface area contributed by atoms with E-state index < -0.39 is 17.9 Å². The topological polar surface area (TPSA) is 78.9 Å². The van der Waals surface area contributed by atoms with Gasteiger partial charge in [0.1, 0.15) is 19.0 Å². The van der Waals surface area contributed by atoms with Crippen molar-refractivity contribution in [3.8, 4) is 5.75 Å². The van der Waals surface area contributed by atoms with E-state index >= 15 is 0 Å². The lowest BCUT2D eigenvalue weighted by Crippen LogP contribution is -2.09. The molecule has 0 fully saturated rings. The van der Waals surface area contributed by atoms with E-state index in [1.165, 1.54) is 0 Å². The highest BCUT2D eigenvalue weighted by Gasteiger charge is 2.10. The lowest BCUT2D eigenvalue weighted by molar-refractivity contribution is -0.140. The molecule has 32 heavy (non-hydrogen) atoms. The molecule has 3 aromatic rings. The molecule has 0 atom stereocenters. The summed E-state index contributed by atoms with van der Waals surface area (Å²) >= 11 is 0. The second-order valence-electron chi connectivity index (χ2n) is 7.10. The fourth-order valence-corrected chi connectivity index (χ4v) is 2.82. The van der Waals surface area contributed by atoms with Gasteiger partial charge in [0.05, 0.1) is 5.56 Å². The Morgan fingerprint density at radius 1 is 0.844 bits per heavy atom. The molecule has 0 unspecified atom stereocenters. The van der Waals surface area contributed by atoms with Crippen LogP contribution in [0.5, 0.6) is 5.75 Å². The highest BCUT2D eigenvalue weighted by Crippen LogP contribution is 2.23. The quantitative estimate of drug-likeness (QED) is 0.287. The minimum Gasteiger partial charge on any atom is -0.458 e. The number of hydrogen-bond donors (Lipinski definition) is 0. The zero-order chi connectivity index (χ0) is 23.1. The summed E-state index contributed by atoms with van der Waals surface area (Å²) in [5.74, 6) is -1.03. The number of esters is 3. The number of carbonyl (C=O) groups excluding carboxylic acids is 3. The first kappa shape index (κ1) is 22.5. The molecule has 0 radical (unpaired) electrons. The van der Waals surface area contributed by atoms with Crippen LogP contribution in [0.3, 0.4) is 0 Å². The van der Waals surface area contributed by atoms with Crippen LogP contribution in [0.1, 0.15) is 28.4 Å². The summed E-state index contributed by atoms with van der Waals surface area (Å²) < 4.78 is 15.6. The van der Waals surface area contributed by atoms with Crippen molar-refractivity contribution in [2.24, 2.45) is 0 Å². The Hall–Kier alpha value is -4.19. The van der Waals surface area contributed by atoms with Crippen molar-refractivity contribution < 1.29 is 28.6 Å². The molecule has 0 spiro atoms. The van der Waals surface area contributed by atoms with Crippen molar-refractivity contribution in [1.82, 2.24) is 0 Å². The number of rotatable bonds is 8. The van der Waals surface area contributed by atoms with Gasteiger partial charge >= 0.3 is 17.9 Å². The fraction of sp³-hybridized carbons (Fsp3) is 0.115. The average molecular weight is 430 g/mol. The van der Waals surface area contributed by atoms with Crippen LogP contribution in [0.25, 0.3) is 10.8 Å². The smallest absolute Gasteiger partial charge is 0.343 e. The molecule has 0 saturated carbocycles. The summed E-state index contributed by atoms with van der Waals surface area (Å²) in [6.07, 6.45) is 1.12. The molecule has 0 amide bonds. The van der Waals surface area contributed by atoms with Gasteiger partial charge in [0.25, 0.3) is 0 Å². The van der Waals surface area contributed by atoms with E-state index in [-0.39, 0.29) is 13.2 Å². The molecule has 0 bridgehead atoms. The maximum atomic E-state index is 12.5. The van der Waals surface area contributed by atoms with Gasteiger partial charge in [-0.1, -0.05) is 43.5 Å². The molecule has 3 aromatic carbocycles. The van der Waals surface area contributed by atoms with Crippen LogP contribution in [0.15, 0.2) is 85.5 Å². The molecule has 0 saturated heterocycles. The Bertz CT molecular complexity index is 1190. The fourth-order valence-electron chi connectivity index (χ4n) is 2.82. The van der Waals surface area contributed by atoms with E-state index in [0.717, 1.165) is 28.0 Å². The number of carbonyl (C=O) groups is 3. The summed E-state index contributed by atoms with van der Waals surface area (Å²) in [4.78, 5) is 35.1. The molecule has 0 N–H and O–H groups in total. The molecule has 0 aromatic heterocycles. The van der Waals surface area contributed by atoms with Gasteiger partial charge in [0, 0.05) is 11.6 Å². The minimum absolute atomic E-state index is 0.0977. The molecule has 6 nitrogen and oxygen atoms in total. The van der Waals surface area contributed by atoms with Crippen LogP contribution >= 0.6 is 0 Å². The van der Waals surface area contributed by atoms with E-state index in [1.54, 1.807) is 43.3 Å². The van der Waals surface area contributed by atoms with Crippen molar-refractivity contribution in [2.45, 2.75) is 20.1 Å². The summed E-state index contributed by atoms with van der Waals surface area (Å²) in [7, 11) is 0. The van der Waals surface area contributed by atoms with Gasteiger partial charge in [0.15, 0.2) is 0 Å². The van der Waals surface area contributed by atoms with E-state index in [4.69, 9.17) is 14.2 Å². The highest BCUT2D eigenvalue weighted by atomic mass is 16.5. The number of ether oxygens (including phenoxy) is 3. The first-order valence-electron chi connectivity index (χ1n) is 9.81. The van der Waals surface area contributed by atoms with Crippen LogP contribution in [-0.2, 0) is 32.3 Å². The Morgan fingerprint density at radius 3 is 2.16 bits per heavy atom. The van der Waals surface area contributed by atoms with Crippen LogP contribution in [0, 0.1) is 0 Å². The summed E-state index contributed by atoms with van der Waals surface area (Å²) in [5.41, 5.74) is 2.29. The summed E-state index contributed by atoms with van der Waals surface area (Å²) in [6, 6.07) is 17.5. The lowest BCUT2D eigenvalue weighted by Gasteiger charge is -2.08. The maximum Gasteiger partial charge on any atom is 0.343 e. The predicted molar refractivity (Wildman–Crippen MR) is 120 cm³/mol. The van der Waals surface area contributed by atoms with Gasteiger partial charge in [-0.3, -0.25) is 0 Å². The zero-order valence-corrected chi connectivity index (χ0v) is 17.6. The molecular formula is C26H22O6. The van der Waals surface area contributed by atoms with Crippen molar-refractivity contribution in [2.75, 3.05) is 0 Å². The number of benzene rings is 3. The van der Waals surface area contributed by atoms with Crippen LogP contribution < -0.4 is 4.74 Å². The monoisotopic (exact) mass is 430 g/mol. The minimum atomic E-state index is -0.497. The normalized spacial score (nSPS) is 10.3. The van der Waals surface area contributed by atoms with E-state index in [1.807, 2.05) is 24.3 Å². The van der Waals surface area contributed by atoms with Gasteiger partial charge in [-0.2, -0.15) is 0 Å². The third-order valence-corrected chi connectivity index (χ3v) is 4.54. The molecule has 0 aliphatic rings. The zero-order valence-electron chi connectivity index (χ0n) is 17.6. The SMILES string of the molecule is C=CC(=O)OCc1ccc2cc(OC(=O)c3ccc(COC(=O)C(=C)C)cc3)ccc2c1. The number of fused-ring (bicyclic) bond motifs is 1. The second kappa shape index (κ2) is 10.2. The molecular weight excluding hydrogens is 408 g/mol. The second-order valence-corrected chi connectivity index (χ2v) is 7.10. The van der Waals surface area contributed by atoms with E-state index in [9.17, 15) is 14.4 Å².